The molecule has 0 aliphatic rings. The molecule has 1 aromatic heterocycles. The van der Waals surface area contributed by atoms with E-state index in [4.69, 9.17) is 11.6 Å². The van der Waals surface area contributed by atoms with Crippen LogP contribution in [0.4, 0.5) is 0 Å². The lowest BCUT2D eigenvalue weighted by atomic mass is 10.1. The van der Waals surface area contributed by atoms with E-state index in [1.807, 2.05) is 24.6 Å². The molecule has 0 spiro atoms. The Kier molecular flexibility index (Phi) is 2.08. The number of benzene rings is 1. The second-order valence-corrected chi connectivity index (χ2v) is 3.85. The monoisotopic (exact) mass is 207 g/mol. The molecule has 0 atom stereocenters. The van der Waals surface area contributed by atoms with Gasteiger partial charge in [0, 0.05) is 29.7 Å². The Labute approximate surface area is 86.7 Å². The molecule has 14 heavy (non-hydrogen) atoms. The third kappa shape index (κ3) is 1.32. The predicted octanol–water partition coefficient (Wildman–Crippen LogP) is 2.50. The van der Waals surface area contributed by atoms with Gasteiger partial charge in [-0.1, -0.05) is 11.6 Å². The van der Waals surface area contributed by atoms with Crippen LogP contribution < -0.4 is 5.43 Å². The Bertz CT molecular complexity index is 557. The lowest BCUT2D eigenvalue weighted by Crippen LogP contribution is -2.06. The van der Waals surface area contributed by atoms with Crippen LogP contribution in [0.5, 0.6) is 0 Å². The van der Waals surface area contributed by atoms with Crippen molar-refractivity contribution in [3.63, 3.8) is 0 Å². The van der Waals surface area contributed by atoms with Crippen molar-refractivity contribution in [3.05, 3.63) is 45.2 Å². The maximum atomic E-state index is 11.6. The normalized spacial score (nSPS) is 10.8. The largest absolute Gasteiger partial charge is 0.350 e. The zero-order chi connectivity index (χ0) is 10.3. The lowest BCUT2D eigenvalue weighted by Gasteiger charge is -2.07. The second kappa shape index (κ2) is 3.14. The summed E-state index contributed by atoms with van der Waals surface area (Å²) in [5.41, 5.74) is 1.98. The van der Waals surface area contributed by atoms with E-state index in [0.29, 0.717) is 10.4 Å². The van der Waals surface area contributed by atoms with Gasteiger partial charge < -0.3 is 4.57 Å². The number of hydrogen-bond acceptors (Lipinski definition) is 1. The fourth-order valence-electron chi connectivity index (χ4n) is 1.74. The average molecular weight is 208 g/mol. The zero-order valence-corrected chi connectivity index (χ0v) is 8.80. The predicted molar refractivity (Wildman–Crippen MR) is 58.9 cm³/mol. The molecule has 0 N–H and O–H groups in total. The summed E-state index contributed by atoms with van der Waals surface area (Å²) in [5, 5.41) is 1.29. The van der Waals surface area contributed by atoms with Crippen LogP contribution in [0.15, 0.2) is 29.2 Å². The average Bonchev–Trinajstić information content (AvgIpc) is 2.10. The molecule has 3 heteroatoms. The minimum Gasteiger partial charge on any atom is -0.350 e. The Morgan fingerprint density at radius 1 is 1.36 bits per heavy atom. The van der Waals surface area contributed by atoms with Crippen molar-refractivity contribution in [2.24, 2.45) is 7.05 Å². The number of fused-ring (bicyclic) bond motifs is 1. The molecule has 0 aliphatic carbocycles. The van der Waals surface area contributed by atoms with E-state index in [0.717, 1.165) is 11.1 Å². The van der Waals surface area contributed by atoms with Crippen LogP contribution in [0, 0.1) is 6.92 Å². The van der Waals surface area contributed by atoms with Crippen molar-refractivity contribution < 1.29 is 0 Å². The molecule has 0 fully saturated rings. The van der Waals surface area contributed by atoms with Gasteiger partial charge in [-0.2, -0.15) is 0 Å². The van der Waals surface area contributed by atoms with Crippen molar-refractivity contribution in [1.82, 2.24) is 4.57 Å². The topological polar surface area (TPSA) is 22.0 Å². The van der Waals surface area contributed by atoms with Crippen LogP contribution in [0.25, 0.3) is 10.9 Å². The number of rotatable bonds is 0. The Morgan fingerprint density at radius 3 is 2.79 bits per heavy atom. The summed E-state index contributed by atoms with van der Waals surface area (Å²) in [5.74, 6) is 0. The van der Waals surface area contributed by atoms with Crippen LogP contribution in [-0.4, -0.2) is 4.57 Å². The fraction of sp³-hybridized carbons (Fsp3) is 0.182. The van der Waals surface area contributed by atoms with Gasteiger partial charge in [0.1, 0.15) is 0 Å². The van der Waals surface area contributed by atoms with Crippen LogP contribution in [-0.2, 0) is 7.05 Å². The minimum absolute atomic E-state index is 0.0173. The molecule has 0 unspecified atom stereocenters. The molecule has 1 heterocycles. The van der Waals surface area contributed by atoms with Crippen molar-refractivity contribution in [1.29, 1.82) is 0 Å². The van der Waals surface area contributed by atoms with Crippen molar-refractivity contribution in [3.8, 4) is 0 Å². The fourth-order valence-corrected chi connectivity index (χ4v) is 2.01. The Morgan fingerprint density at radius 2 is 2.07 bits per heavy atom. The van der Waals surface area contributed by atoms with Gasteiger partial charge in [0.25, 0.3) is 0 Å². The number of halogens is 1. The van der Waals surface area contributed by atoms with Crippen molar-refractivity contribution in [2.45, 2.75) is 6.92 Å². The van der Waals surface area contributed by atoms with E-state index in [2.05, 4.69) is 0 Å². The van der Waals surface area contributed by atoms with E-state index in [9.17, 15) is 4.79 Å². The lowest BCUT2D eigenvalue weighted by molar-refractivity contribution is 0.945. The van der Waals surface area contributed by atoms with Gasteiger partial charge in [0.05, 0.1) is 5.52 Å². The van der Waals surface area contributed by atoms with Gasteiger partial charge in [-0.3, -0.25) is 4.79 Å². The van der Waals surface area contributed by atoms with Gasteiger partial charge >= 0.3 is 0 Å². The molecule has 1 aromatic carbocycles. The number of aromatic nitrogens is 1. The van der Waals surface area contributed by atoms with E-state index >= 15 is 0 Å². The SMILES string of the molecule is Cc1cc(Cl)cc2c(=O)ccn(C)c12. The third-order valence-electron chi connectivity index (χ3n) is 2.33. The summed E-state index contributed by atoms with van der Waals surface area (Å²) >= 11 is 5.90. The maximum Gasteiger partial charge on any atom is 0.189 e. The minimum atomic E-state index is 0.0173. The molecule has 0 saturated carbocycles. The van der Waals surface area contributed by atoms with Gasteiger partial charge in [0.15, 0.2) is 5.43 Å². The number of hydrogen-bond donors (Lipinski definition) is 0. The number of pyridine rings is 1. The first kappa shape index (κ1) is 9.28. The smallest absolute Gasteiger partial charge is 0.189 e. The van der Waals surface area contributed by atoms with Crippen molar-refractivity contribution >= 4 is 22.5 Å². The first-order valence-corrected chi connectivity index (χ1v) is 4.73. The maximum absolute atomic E-state index is 11.6. The summed E-state index contributed by atoms with van der Waals surface area (Å²) in [6.07, 6.45) is 1.77. The van der Waals surface area contributed by atoms with Crippen LogP contribution in [0.2, 0.25) is 5.02 Å². The zero-order valence-electron chi connectivity index (χ0n) is 8.04. The molecule has 2 nitrogen and oxygen atoms in total. The van der Waals surface area contributed by atoms with Crippen LogP contribution in [0.3, 0.4) is 0 Å². The van der Waals surface area contributed by atoms with Gasteiger partial charge in [-0.15, -0.1) is 0 Å². The van der Waals surface area contributed by atoms with E-state index in [1.54, 1.807) is 18.3 Å². The summed E-state index contributed by atoms with van der Waals surface area (Å²) in [6, 6.07) is 5.13. The molecule has 0 saturated heterocycles. The summed E-state index contributed by atoms with van der Waals surface area (Å²) in [6.45, 7) is 1.95. The molecule has 2 aromatic rings. The summed E-state index contributed by atoms with van der Waals surface area (Å²) < 4.78 is 1.93. The van der Waals surface area contributed by atoms with E-state index in [-0.39, 0.29) is 5.43 Å². The summed E-state index contributed by atoms with van der Waals surface area (Å²) in [4.78, 5) is 11.6. The number of aryl methyl sites for hydroxylation is 2. The third-order valence-corrected chi connectivity index (χ3v) is 2.55. The standard InChI is InChI=1S/C11H10ClNO/c1-7-5-8(12)6-9-10(14)3-4-13(2)11(7)9/h3-6H,1-2H3. The van der Waals surface area contributed by atoms with Gasteiger partial charge in [-0.05, 0) is 24.6 Å². The van der Waals surface area contributed by atoms with E-state index < -0.39 is 0 Å². The number of nitrogens with zero attached hydrogens (tertiary/aromatic N) is 1. The Balaban J connectivity index is 3.08. The van der Waals surface area contributed by atoms with Gasteiger partial charge in [0.2, 0.25) is 0 Å². The summed E-state index contributed by atoms with van der Waals surface area (Å²) in [7, 11) is 1.92. The molecule has 0 amide bonds. The Hall–Kier alpha value is -1.28. The van der Waals surface area contributed by atoms with Crippen molar-refractivity contribution in [2.75, 3.05) is 0 Å². The molecular weight excluding hydrogens is 198 g/mol. The quantitative estimate of drug-likeness (QED) is 0.651. The molecule has 0 radical (unpaired) electrons. The highest BCUT2D eigenvalue weighted by Gasteiger charge is 2.04. The highest BCUT2D eigenvalue weighted by Crippen LogP contribution is 2.20. The first-order valence-electron chi connectivity index (χ1n) is 4.35. The van der Waals surface area contributed by atoms with Crippen LogP contribution in [0.1, 0.15) is 5.56 Å². The van der Waals surface area contributed by atoms with Crippen LogP contribution >= 0.6 is 11.6 Å². The molecule has 2 rings (SSSR count). The molecular formula is C11H10ClNO. The molecule has 0 bridgehead atoms. The second-order valence-electron chi connectivity index (χ2n) is 3.41. The highest BCUT2D eigenvalue weighted by atomic mass is 35.5. The molecule has 0 aliphatic heterocycles. The van der Waals surface area contributed by atoms with Gasteiger partial charge in [-0.25, -0.2) is 0 Å². The first-order chi connectivity index (χ1) is 6.59. The highest BCUT2D eigenvalue weighted by molar-refractivity contribution is 6.31. The van der Waals surface area contributed by atoms with E-state index in [1.165, 1.54) is 0 Å². The molecule has 72 valence electrons.